The molecule has 0 saturated carbocycles. The van der Waals surface area contributed by atoms with Crippen molar-refractivity contribution in [3.8, 4) is 0 Å². The van der Waals surface area contributed by atoms with Gasteiger partial charge in [-0.3, -0.25) is 4.99 Å². The minimum absolute atomic E-state index is 0. The third-order valence-corrected chi connectivity index (χ3v) is 7.37. The van der Waals surface area contributed by atoms with Crippen molar-refractivity contribution in [3.05, 3.63) is 0 Å². The van der Waals surface area contributed by atoms with Crippen molar-refractivity contribution >= 4 is 40.0 Å². The lowest BCUT2D eigenvalue weighted by molar-refractivity contribution is -0.0496. The van der Waals surface area contributed by atoms with Crippen LogP contribution in [0.1, 0.15) is 39.0 Å². The van der Waals surface area contributed by atoms with E-state index in [4.69, 9.17) is 0 Å². The van der Waals surface area contributed by atoms with Crippen molar-refractivity contribution in [1.82, 2.24) is 19.8 Å². The quantitative estimate of drug-likeness (QED) is 0.280. The number of rotatable bonds is 7. The average molecular weight is 569 g/mol. The fourth-order valence-electron chi connectivity index (χ4n) is 3.79. The summed E-state index contributed by atoms with van der Waals surface area (Å²) in [5.41, 5.74) is -5.23. The summed E-state index contributed by atoms with van der Waals surface area (Å²) < 4.78 is 61.5. The molecule has 2 aliphatic rings. The Morgan fingerprint density at radius 2 is 1.60 bits per heavy atom. The van der Waals surface area contributed by atoms with E-state index >= 15 is 0 Å². The van der Waals surface area contributed by atoms with Gasteiger partial charge in [0, 0.05) is 32.7 Å². The minimum Gasteiger partial charge on any atom is -0.357 e. The van der Waals surface area contributed by atoms with Gasteiger partial charge in [-0.25, -0.2) is 8.42 Å². The van der Waals surface area contributed by atoms with Gasteiger partial charge in [0.05, 0.1) is 0 Å². The molecule has 2 aliphatic heterocycles. The molecule has 0 aromatic carbocycles. The molecule has 12 heteroatoms. The molecule has 7 nitrogen and oxygen atoms in total. The maximum atomic E-state index is 12.7. The summed E-state index contributed by atoms with van der Waals surface area (Å²) in [7, 11) is -3.07. The van der Waals surface area contributed by atoms with Crippen molar-refractivity contribution < 1.29 is 21.6 Å². The zero-order valence-corrected chi connectivity index (χ0v) is 20.9. The predicted molar refractivity (Wildman–Crippen MR) is 124 cm³/mol. The topological polar surface area (TPSA) is 77.0 Å². The monoisotopic (exact) mass is 569 g/mol. The lowest BCUT2D eigenvalue weighted by atomic mass is 9.94. The summed E-state index contributed by atoms with van der Waals surface area (Å²) >= 11 is 0. The first-order valence-electron chi connectivity index (χ1n) is 10.4. The van der Waals surface area contributed by atoms with Crippen molar-refractivity contribution in [2.24, 2.45) is 16.8 Å². The van der Waals surface area contributed by atoms with Crippen LogP contribution < -0.4 is 10.6 Å². The first-order valence-corrected chi connectivity index (χ1v) is 11.8. The van der Waals surface area contributed by atoms with E-state index in [0.717, 1.165) is 38.5 Å². The molecule has 2 rings (SSSR count). The largest absolute Gasteiger partial charge is 0.511 e. The van der Waals surface area contributed by atoms with Crippen molar-refractivity contribution in [3.63, 3.8) is 0 Å². The van der Waals surface area contributed by atoms with Crippen LogP contribution in [0.15, 0.2) is 4.99 Å². The molecule has 2 N–H and O–H groups in total. The summed E-state index contributed by atoms with van der Waals surface area (Å²) in [5.74, 6) is 1.52. The smallest absolute Gasteiger partial charge is 0.357 e. The summed E-state index contributed by atoms with van der Waals surface area (Å²) in [6.45, 7) is 6.08. The number of sulfonamides is 1. The number of halogens is 4. The van der Waals surface area contributed by atoms with Crippen LogP contribution in [0.5, 0.6) is 0 Å². The second kappa shape index (κ2) is 12.6. The number of piperidine rings is 2. The maximum absolute atomic E-state index is 12.7. The zero-order valence-electron chi connectivity index (χ0n) is 17.7. The molecule has 0 aromatic rings. The number of aliphatic imine (C=N–C) groups is 1. The Hall–Kier alpha value is -0.340. The Labute approximate surface area is 195 Å². The van der Waals surface area contributed by atoms with Gasteiger partial charge in [-0.2, -0.15) is 17.5 Å². The van der Waals surface area contributed by atoms with Crippen LogP contribution >= 0.6 is 24.0 Å². The van der Waals surface area contributed by atoms with Gasteiger partial charge < -0.3 is 15.5 Å². The summed E-state index contributed by atoms with van der Waals surface area (Å²) in [5, 5.41) is 6.54. The van der Waals surface area contributed by atoms with Gasteiger partial charge in [-0.05, 0) is 71.0 Å². The number of guanidine groups is 1. The third-order valence-electron chi connectivity index (χ3n) is 5.74. The predicted octanol–water partition coefficient (Wildman–Crippen LogP) is 2.45. The second-order valence-corrected chi connectivity index (χ2v) is 9.90. The second-order valence-electron chi connectivity index (χ2n) is 7.97. The molecule has 0 spiro atoms. The molecular formula is C18H35F3IN5O2S. The van der Waals surface area contributed by atoms with Crippen molar-refractivity contribution in [2.75, 3.05) is 52.9 Å². The van der Waals surface area contributed by atoms with E-state index in [9.17, 15) is 21.6 Å². The van der Waals surface area contributed by atoms with Crippen molar-refractivity contribution in [1.29, 1.82) is 0 Å². The fourth-order valence-corrected chi connectivity index (χ4v) is 4.77. The Bertz CT molecular complexity index is 632. The molecule has 0 amide bonds. The normalized spacial score (nSPS) is 21.3. The summed E-state index contributed by atoms with van der Waals surface area (Å²) in [6, 6.07) is 0. The van der Waals surface area contributed by atoms with E-state index < -0.39 is 15.5 Å². The average Bonchev–Trinajstić information content (AvgIpc) is 2.67. The molecule has 30 heavy (non-hydrogen) atoms. The van der Waals surface area contributed by atoms with Gasteiger partial charge >= 0.3 is 15.5 Å². The van der Waals surface area contributed by atoms with E-state index in [-0.39, 0.29) is 43.0 Å². The van der Waals surface area contributed by atoms with Gasteiger partial charge in [-0.1, -0.05) is 0 Å². The number of alkyl halides is 3. The Morgan fingerprint density at radius 3 is 2.13 bits per heavy atom. The van der Waals surface area contributed by atoms with Crippen LogP contribution in [0.3, 0.4) is 0 Å². The minimum atomic E-state index is -5.23. The van der Waals surface area contributed by atoms with Gasteiger partial charge in [0.1, 0.15) is 0 Å². The number of nitrogens with one attached hydrogen (secondary N) is 2. The van der Waals surface area contributed by atoms with E-state index in [1.165, 1.54) is 12.8 Å². The molecule has 0 aromatic heterocycles. The lowest BCUT2D eigenvalue weighted by Crippen LogP contribution is -2.45. The highest BCUT2D eigenvalue weighted by atomic mass is 127. The van der Waals surface area contributed by atoms with Crippen molar-refractivity contribution in [2.45, 2.75) is 44.5 Å². The SMILES string of the molecule is CCNC(=NCC1CCN(S(=O)(=O)C(F)(F)F)CC1)NCCC1CCN(C)CC1.I. The van der Waals surface area contributed by atoms with Crippen LogP contribution in [-0.2, 0) is 10.0 Å². The molecule has 2 saturated heterocycles. The standard InChI is InChI=1S/C18H34F3N5O2S.HI/c1-3-22-17(23-9-4-15-5-10-25(2)11-6-15)24-14-16-7-12-26(13-8-16)29(27,28)18(19,20)21;/h15-16H,3-14H2,1-2H3,(H2,22,23,24);1H. The lowest BCUT2D eigenvalue weighted by Gasteiger charge is -2.31. The molecular weight excluding hydrogens is 534 g/mol. The molecule has 178 valence electrons. The molecule has 2 fully saturated rings. The Kier molecular flexibility index (Phi) is 11.7. The fraction of sp³-hybridized carbons (Fsp3) is 0.944. The van der Waals surface area contributed by atoms with E-state index in [2.05, 4.69) is 27.6 Å². The summed E-state index contributed by atoms with van der Waals surface area (Å²) in [4.78, 5) is 6.91. The van der Waals surface area contributed by atoms with Crippen LogP contribution in [0.25, 0.3) is 0 Å². The van der Waals surface area contributed by atoms with Gasteiger partial charge in [-0.15, -0.1) is 24.0 Å². The van der Waals surface area contributed by atoms with Crippen LogP contribution in [0.4, 0.5) is 13.2 Å². The van der Waals surface area contributed by atoms with Gasteiger partial charge in [0.25, 0.3) is 0 Å². The zero-order chi connectivity index (χ0) is 21.5. The maximum Gasteiger partial charge on any atom is 0.511 e. The molecule has 0 radical (unpaired) electrons. The van der Waals surface area contributed by atoms with E-state index in [0.29, 0.717) is 29.7 Å². The third kappa shape index (κ3) is 8.30. The molecule has 2 heterocycles. The number of likely N-dealkylation sites (tertiary alicyclic amines) is 1. The number of nitrogens with zero attached hydrogens (tertiary/aromatic N) is 3. The van der Waals surface area contributed by atoms with Crippen LogP contribution in [0, 0.1) is 11.8 Å². The van der Waals surface area contributed by atoms with E-state index in [1.54, 1.807) is 0 Å². The molecule has 0 aliphatic carbocycles. The molecule has 0 unspecified atom stereocenters. The first kappa shape index (κ1) is 27.7. The van der Waals surface area contributed by atoms with Gasteiger partial charge in [0.2, 0.25) is 0 Å². The first-order chi connectivity index (χ1) is 13.6. The number of hydrogen-bond acceptors (Lipinski definition) is 4. The summed E-state index contributed by atoms with van der Waals surface area (Å²) in [6.07, 6.45) is 4.28. The van der Waals surface area contributed by atoms with Gasteiger partial charge in [0.15, 0.2) is 5.96 Å². The van der Waals surface area contributed by atoms with Crippen LogP contribution in [-0.4, -0.2) is 82.0 Å². The number of hydrogen-bond donors (Lipinski definition) is 2. The highest BCUT2D eigenvalue weighted by molar-refractivity contribution is 14.0. The van der Waals surface area contributed by atoms with Crippen LogP contribution in [0.2, 0.25) is 0 Å². The molecule has 0 bridgehead atoms. The Morgan fingerprint density at radius 1 is 1.03 bits per heavy atom. The Balaban J connectivity index is 0.00000450. The van der Waals surface area contributed by atoms with E-state index in [1.807, 2.05) is 6.92 Å². The molecule has 0 atom stereocenters. The highest BCUT2D eigenvalue weighted by Gasteiger charge is 2.50. The highest BCUT2D eigenvalue weighted by Crippen LogP contribution is 2.30.